The summed E-state index contributed by atoms with van der Waals surface area (Å²) in [6.45, 7) is 0.201. The molecule has 0 saturated heterocycles. The Morgan fingerprint density at radius 1 is 1.40 bits per heavy atom. The van der Waals surface area contributed by atoms with E-state index in [2.05, 4.69) is 15.3 Å². The number of hydrogen-bond acceptors (Lipinski definition) is 3. The number of rotatable bonds is 4. The molecule has 0 bridgehead atoms. The van der Waals surface area contributed by atoms with Crippen molar-refractivity contribution in [3.05, 3.63) is 17.5 Å². The molecular formula is C8H9ClF3N3. The Labute approximate surface area is 89.7 Å². The summed E-state index contributed by atoms with van der Waals surface area (Å²) in [5.41, 5.74) is 0. The van der Waals surface area contributed by atoms with Crippen LogP contribution in [0.2, 0.25) is 5.28 Å². The first-order valence-corrected chi connectivity index (χ1v) is 4.64. The molecule has 0 saturated carbocycles. The fourth-order valence-electron chi connectivity index (χ4n) is 0.939. The van der Waals surface area contributed by atoms with E-state index in [1.54, 1.807) is 6.07 Å². The predicted octanol–water partition coefficient (Wildman–Crippen LogP) is 2.88. The monoisotopic (exact) mass is 239 g/mol. The van der Waals surface area contributed by atoms with Gasteiger partial charge in [-0.25, -0.2) is 9.97 Å². The predicted molar refractivity (Wildman–Crippen MR) is 50.8 cm³/mol. The van der Waals surface area contributed by atoms with Gasteiger partial charge in [-0.15, -0.1) is 0 Å². The highest BCUT2D eigenvalue weighted by molar-refractivity contribution is 6.28. The Hall–Kier alpha value is -1.04. The van der Waals surface area contributed by atoms with E-state index < -0.39 is 12.6 Å². The minimum absolute atomic E-state index is 0.00508. The van der Waals surface area contributed by atoms with E-state index in [1.165, 1.54) is 6.20 Å². The van der Waals surface area contributed by atoms with E-state index in [0.717, 1.165) is 0 Å². The summed E-state index contributed by atoms with van der Waals surface area (Å²) < 4.78 is 35.3. The van der Waals surface area contributed by atoms with Gasteiger partial charge in [-0.05, 0) is 24.1 Å². The summed E-state index contributed by atoms with van der Waals surface area (Å²) in [5, 5.41) is 2.79. The molecule has 0 radical (unpaired) electrons. The summed E-state index contributed by atoms with van der Waals surface area (Å²) in [6.07, 6.45) is -3.48. The molecule has 0 fully saturated rings. The van der Waals surface area contributed by atoms with Crippen LogP contribution in [0.25, 0.3) is 0 Å². The number of halogens is 4. The van der Waals surface area contributed by atoms with E-state index in [4.69, 9.17) is 11.6 Å². The van der Waals surface area contributed by atoms with Crippen LogP contribution in [-0.4, -0.2) is 22.7 Å². The Morgan fingerprint density at radius 2 is 2.13 bits per heavy atom. The maximum Gasteiger partial charge on any atom is 0.389 e. The SMILES string of the molecule is FC(F)(F)CCCNc1ccnc(Cl)n1. The van der Waals surface area contributed by atoms with Gasteiger partial charge < -0.3 is 5.32 Å². The van der Waals surface area contributed by atoms with Crippen molar-refractivity contribution in [2.45, 2.75) is 19.0 Å². The van der Waals surface area contributed by atoms with E-state index >= 15 is 0 Å². The highest BCUT2D eigenvalue weighted by atomic mass is 35.5. The quantitative estimate of drug-likeness (QED) is 0.649. The minimum Gasteiger partial charge on any atom is -0.370 e. The topological polar surface area (TPSA) is 37.8 Å². The van der Waals surface area contributed by atoms with Crippen LogP contribution in [-0.2, 0) is 0 Å². The third kappa shape index (κ3) is 5.41. The lowest BCUT2D eigenvalue weighted by Gasteiger charge is -2.07. The minimum atomic E-state index is -4.11. The largest absolute Gasteiger partial charge is 0.389 e. The van der Waals surface area contributed by atoms with Crippen LogP contribution >= 0.6 is 11.6 Å². The summed E-state index contributed by atoms with van der Waals surface area (Å²) >= 11 is 5.49. The zero-order valence-corrected chi connectivity index (χ0v) is 8.44. The summed E-state index contributed by atoms with van der Waals surface area (Å²) in [7, 11) is 0. The Balaban J connectivity index is 2.26. The van der Waals surface area contributed by atoms with Crippen LogP contribution in [0.15, 0.2) is 12.3 Å². The molecule has 0 aliphatic heterocycles. The summed E-state index contributed by atoms with van der Waals surface area (Å²) in [5.74, 6) is 0.428. The summed E-state index contributed by atoms with van der Waals surface area (Å²) in [6, 6.07) is 1.54. The zero-order valence-electron chi connectivity index (χ0n) is 7.68. The number of alkyl halides is 3. The van der Waals surface area contributed by atoms with Gasteiger partial charge in [0.2, 0.25) is 5.28 Å². The van der Waals surface area contributed by atoms with Crippen molar-refractivity contribution in [2.75, 3.05) is 11.9 Å². The van der Waals surface area contributed by atoms with Crippen molar-refractivity contribution in [3.63, 3.8) is 0 Å². The molecule has 1 heterocycles. The van der Waals surface area contributed by atoms with Gasteiger partial charge in [-0.2, -0.15) is 13.2 Å². The number of anilines is 1. The number of nitrogens with zero attached hydrogens (tertiary/aromatic N) is 2. The molecule has 0 atom stereocenters. The second-order valence-corrected chi connectivity index (χ2v) is 3.19. The first kappa shape index (κ1) is 12.0. The molecule has 7 heteroatoms. The number of nitrogens with one attached hydrogen (secondary N) is 1. The third-order valence-electron chi connectivity index (χ3n) is 1.57. The fourth-order valence-corrected chi connectivity index (χ4v) is 1.09. The van der Waals surface area contributed by atoms with Gasteiger partial charge in [0.05, 0.1) is 0 Å². The molecule has 1 aromatic heterocycles. The van der Waals surface area contributed by atoms with Crippen LogP contribution in [0.1, 0.15) is 12.8 Å². The van der Waals surface area contributed by atoms with Crippen molar-refractivity contribution < 1.29 is 13.2 Å². The van der Waals surface area contributed by atoms with Crippen molar-refractivity contribution in [1.29, 1.82) is 0 Å². The van der Waals surface area contributed by atoms with E-state index in [-0.39, 0.29) is 18.2 Å². The lowest BCUT2D eigenvalue weighted by Crippen LogP contribution is -2.11. The maximum atomic E-state index is 11.8. The van der Waals surface area contributed by atoms with Crippen molar-refractivity contribution in [2.24, 2.45) is 0 Å². The Morgan fingerprint density at radius 3 is 2.73 bits per heavy atom. The normalized spacial score (nSPS) is 11.5. The number of hydrogen-bond donors (Lipinski definition) is 1. The molecule has 0 unspecified atom stereocenters. The van der Waals surface area contributed by atoms with Crippen LogP contribution < -0.4 is 5.32 Å². The average molecular weight is 240 g/mol. The smallest absolute Gasteiger partial charge is 0.370 e. The second kappa shape index (κ2) is 5.16. The zero-order chi connectivity index (χ0) is 11.3. The fraction of sp³-hybridized carbons (Fsp3) is 0.500. The van der Waals surface area contributed by atoms with Gasteiger partial charge in [-0.3, -0.25) is 0 Å². The molecule has 1 aromatic rings. The summed E-state index contributed by atoms with van der Waals surface area (Å²) in [4.78, 5) is 7.41. The standard InChI is InChI=1S/C8H9ClF3N3/c9-7-14-5-2-6(15-7)13-4-1-3-8(10,11)12/h2,5H,1,3-4H2,(H,13,14,15). The van der Waals surface area contributed by atoms with Gasteiger partial charge in [0.15, 0.2) is 0 Å². The highest BCUT2D eigenvalue weighted by Crippen LogP contribution is 2.21. The van der Waals surface area contributed by atoms with Crippen molar-refractivity contribution >= 4 is 17.4 Å². The molecular weight excluding hydrogens is 231 g/mol. The van der Waals surface area contributed by atoms with Gasteiger partial charge in [0.25, 0.3) is 0 Å². The number of aromatic nitrogens is 2. The molecule has 3 nitrogen and oxygen atoms in total. The lowest BCUT2D eigenvalue weighted by molar-refractivity contribution is -0.134. The van der Waals surface area contributed by atoms with Gasteiger partial charge >= 0.3 is 6.18 Å². The Kier molecular flexibility index (Phi) is 4.14. The van der Waals surface area contributed by atoms with E-state index in [0.29, 0.717) is 5.82 Å². The molecule has 0 aliphatic rings. The van der Waals surface area contributed by atoms with Crippen LogP contribution in [0.3, 0.4) is 0 Å². The molecule has 1 N–H and O–H groups in total. The van der Waals surface area contributed by atoms with E-state index in [9.17, 15) is 13.2 Å². The van der Waals surface area contributed by atoms with Crippen LogP contribution in [0.5, 0.6) is 0 Å². The molecule has 84 valence electrons. The molecule has 1 rings (SSSR count). The van der Waals surface area contributed by atoms with Crippen molar-refractivity contribution in [3.8, 4) is 0 Å². The molecule has 0 aromatic carbocycles. The molecule has 0 aliphatic carbocycles. The van der Waals surface area contributed by atoms with Gasteiger partial charge in [0, 0.05) is 19.2 Å². The van der Waals surface area contributed by atoms with Crippen LogP contribution in [0.4, 0.5) is 19.0 Å². The first-order valence-electron chi connectivity index (χ1n) is 4.26. The maximum absolute atomic E-state index is 11.8. The lowest BCUT2D eigenvalue weighted by atomic mass is 10.3. The molecule has 0 amide bonds. The van der Waals surface area contributed by atoms with Crippen LogP contribution in [0, 0.1) is 0 Å². The first-order chi connectivity index (χ1) is 6.97. The van der Waals surface area contributed by atoms with E-state index in [1.807, 2.05) is 0 Å². The molecule has 15 heavy (non-hydrogen) atoms. The average Bonchev–Trinajstić information content (AvgIpc) is 2.11. The van der Waals surface area contributed by atoms with Gasteiger partial charge in [0.1, 0.15) is 5.82 Å². The highest BCUT2D eigenvalue weighted by Gasteiger charge is 2.25. The van der Waals surface area contributed by atoms with Crippen molar-refractivity contribution in [1.82, 2.24) is 9.97 Å². The Bertz CT molecular complexity index is 316. The third-order valence-corrected chi connectivity index (χ3v) is 1.75. The second-order valence-electron chi connectivity index (χ2n) is 2.86. The van der Waals surface area contributed by atoms with Gasteiger partial charge in [-0.1, -0.05) is 0 Å². The molecule has 0 spiro atoms.